The first-order valence-corrected chi connectivity index (χ1v) is 8.17. The van der Waals surface area contributed by atoms with Crippen LogP contribution in [0.5, 0.6) is 0 Å². The van der Waals surface area contributed by atoms with Crippen LogP contribution in [0, 0.1) is 11.2 Å². The number of fused-ring (bicyclic) bond motifs is 1. The second-order valence-electron chi connectivity index (χ2n) is 7.45. The standard InChI is InChI=1S/C19H25FN2O/c1-19(2,3)12-22-11-14(10-21)16-8-17(20)15(9-18(16)22)13-4-6-23-7-5-13/h4,8-9,11H,5-7,10,12,21H2,1-3H3. The molecule has 0 saturated heterocycles. The van der Waals surface area contributed by atoms with Gasteiger partial charge in [-0.15, -0.1) is 0 Å². The maximum Gasteiger partial charge on any atom is 0.131 e. The first kappa shape index (κ1) is 16.2. The number of rotatable bonds is 3. The van der Waals surface area contributed by atoms with Crippen molar-refractivity contribution in [1.29, 1.82) is 0 Å². The summed E-state index contributed by atoms with van der Waals surface area (Å²) in [5, 5.41) is 0.922. The van der Waals surface area contributed by atoms with Crippen LogP contribution in [0.3, 0.4) is 0 Å². The maximum absolute atomic E-state index is 14.6. The summed E-state index contributed by atoms with van der Waals surface area (Å²) in [6.45, 7) is 9.11. The van der Waals surface area contributed by atoms with Crippen molar-refractivity contribution in [2.45, 2.75) is 40.3 Å². The zero-order valence-corrected chi connectivity index (χ0v) is 14.2. The molecule has 0 saturated carbocycles. The number of benzene rings is 1. The van der Waals surface area contributed by atoms with Crippen molar-refractivity contribution in [2.75, 3.05) is 13.2 Å². The van der Waals surface area contributed by atoms with E-state index in [2.05, 4.69) is 31.5 Å². The molecule has 0 atom stereocenters. The van der Waals surface area contributed by atoms with Gasteiger partial charge >= 0.3 is 0 Å². The van der Waals surface area contributed by atoms with Crippen LogP contribution >= 0.6 is 0 Å². The minimum absolute atomic E-state index is 0.143. The number of aromatic nitrogens is 1. The predicted octanol–water partition coefficient (Wildman–Crippen LogP) is 4.09. The number of nitrogens with zero attached hydrogens (tertiary/aromatic N) is 1. The monoisotopic (exact) mass is 316 g/mol. The Morgan fingerprint density at radius 3 is 2.70 bits per heavy atom. The van der Waals surface area contributed by atoms with Crippen molar-refractivity contribution in [1.82, 2.24) is 4.57 Å². The molecular formula is C19H25FN2O. The van der Waals surface area contributed by atoms with Crippen molar-refractivity contribution in [3.63, 3.8) is 0 Å². The molecule has 1 aliphatic heterocycles. The third-order valence-corrected chi connectivity index (χ3v) is 4.23. The molecule has 4 heteroatoms. The fourth-order valence-electron chi connectivity index (χ4n) is 3.21. The van der Waals surface area contributed by atoms with Crippen LogP contribution < -0.4 is 5.73 Å². The third kappa shape index (κ3) is 3.33. The highest BCUT2D eigenvalue weighted by atomic mass is 19.1. The molecule has 3 nitrogen and oxygen atoms in total. The summed E-state index contributed by atoms with van der Waals surface area (Å²) in [5.41, 5.74) is 9.79. The van der Waals surface area contributed by atoms with Crippen LogP contribution in [0.1, 0.15) is 38.3 Å². The average Bonchev–Trinajstić information content (AvgIpc) is 2.82. The summed E-state index contributed by atoms with van der Waals surface area (Å²) < 4.78 is 22.2. The van der Waals surface area contributed by atoms with Gasteiger partial charge in [-0.2, -0.15) is 0 Å². The van der Waals surface area contributed by atoms with E-state index in [1.165, 1.54) is 0 Å². The molecule has 2 aromatic rings. The molecule has 0 aliphatic carbocycles. The van der Waals surface area contributed by atoms with Crippen LogP contribution in [-0.4, -0.2) is 17.8 Å². The first-order chi connectivity index (χ1) is 10.9. The Labute approximate surface area is 136 Å². The number of hydrogen-bond donors (Lipinski definition) is 1. The van der Waals surface area contributed by atoms with E-state index in [1.807, 2.05) is 12.1 Å². The molecule has 0 spiro atoms. The van der Waals surface area contributed by atoms with Crippen molar-refractivity contribution in [3.8, 4) is 0 Å². The lowest BCUT2D eigenvalue weighted by Gasteiger charge is -2.20. The van der Waals surface area contributed by atoms with E-state index >= 15 is 0 Å². The molecule has 0 amide bonds. The SMILES string of the molecule is CC(C)(C)Cn1cc(CN)c2cc(F)c(C3=CCOCC3)cc21. The van der Waals surface area contributed by atoms with Crippen LogP contribution in [0.2, 0.25) is 0 Å². The van der Waals surface area contributed by atoms with E-state index in [4.69, 9.17) is 10.5 Å². The lowest BCUT2D eigenvalue weighted by molar-refractivity contribution is 0.161. The molecule has 23 heavy (non-hydrogen) atoms. The Balaban J connectivity index is 2.15. The highest BCUT2D eigenvalue weighted by Crippen LogP contribution is 2.32. The minimum atomic E-state index is -0.172. The number of hydrogen-bond acceptors (Lipinski definition) is 2. The Kier molecular flexibility index (Phi) is 4.30. The smallest absolute Gasteiger partial charge is 0.131 e. The summed E-state index contributed by atoms with van der Waals surface area (Å²) in [5.74, 6) is -0.172. The van der Waals surface area contributed by atoms with Crippen LogP contribution in [0.25, 0.3) is 16.5 Å². The molecule has 1 aromatic heterocycles. The van der Waals surface area contributed by atoms with Gasteiger partial charge < -0.3 is 15.0 Å². The second-order valence-corrected chi connectivity index (χ2v) is 7.45. The van der Waals surface area contributed by atoms with E-state index in [9.17, 15) is 4.39 Å². The van der Waals surface area contributed by atoms with Crippen LogP contribution in [0.15, 0.2) is 24.4 Å². The molecule has 124 valence electrons. The van der Waals surface area contributed by atoms with Gasteiger partial charge in [0, 0.05) is 35.8 Å². The molecular weight excluding hydrogens is 291 g/mol. The third-order valence-electron chi connectivity index (χ3n) is 4.23. The van der Waals surface area contributed by atoms with Crippen molar-refractivity contribution in [3.05, 3.63) is 41.3 Å². The molecule has 0 fully saturated rings. The highest BCUT2D eigenvalue weighted by Gasteiger charge is 2.18. The fraction of sp³-hybridized carbons (Fsp3) is 0.474. The van der Waals surface area contributed by atoms with Crippen molar-refractivity contribution < 1.29 is 9.13 Å². The van der Waals surface area contributed by atoms with Crippen LogP contribution in [0.4, 0.5) is 4.39 Å². The summed E-state index contributed by atoms with van der Waals surface area (Å²) >= 11 is 0. The van der Waals surface area contributed by atoms with E-state index in [-0.39, 0.29) is 11.2 Å². The molecule has 3 rings (SSSR count). The zero-order chi connectivity index (χ0) is 16.6. The van der Waals surface area contributed by atoms with E-state index in [0.29, 0.717) is 25.3 Å². The molecule has 0 unspecified atom stereocenters. The predicted molar refractivity (Wildman–Crippen MR) is 92.7 cm³/mol. The zero-order valence-electron chi connectivity index (χ0n) is 14.2. The number of halogens is 1. The lowest BCUT2D eigenvalue weighted by atomic mass is 9.96. The highest BCUT2D eigenvalue weighted by molar-refractivity contribution is 5.88. The Morgan fingerprint density at radius 1 is 1.30 bits per heavy atom. The molecule has 0 radical (unpaired) electrons. The Bertz CT molecular complexity index is 753. The van der Waals surface area contributed by atoms with Gasteiger partial charge in [-0.1, -0.05) is 26.8 Å². The molecule has 2 heterocycles. The van der Waals surface area contributed by atoms with Gasteiger partial charge in [0.1, 0.15) is 5.82 Å². The average molecular weight is 316 g/mol. The van der Waals surface area contributed by atoms with Gasteiger partial charge in [-0.05, 0) is 35.1 Å². The van der Waals surface area contributed by atoms with Gasteiger partial charge in [-0.25, -0.2) is 4.39 Å². The molecule has 1 aliphatic rings. The summed E-state index contributed by atoms with van der Waals surface area (Å²) in [4.78, 5) is 0. The van der Waals surface area contributed by atoms with Gasteiger partial charge in [0.25, 0.3) is 0 Å². The molecule has 1 aromatic carbocycles. The molecule has 0 bridgehead atoms. The fourth-order valence-corrected chi connectivity index (χ4v) is 3.21. The largest absolute Gasteiger partial charge is 0.377 e. The maximum atomic E-state index is 14.6. The normalized spacial score (nSPS) is 16.0. The van der Waals surface area contributed by atoms with Gasteiger partial charge in [0.2, 0.25) is 0 Å². The Morgan fingerprint density at radius 2 is 2.09 bits per heavy atom. The van der Waals surface area contributed by atoms with Gasteiger partial charge in [0.15, 0.2) is 0 Å². The Hall–Kier alpha value is -1.65. The molecule has 2 N–H and O–H groups in total. The summed E-state index contributed by atoms with van der Waals surface area (Å²) in [6.07, 6.45) is 4.80. The summed E-state index contributed by atoms with van der Waals surface area (Å²) in [7, 11) is 0. The summed E-state index contributed by atoms with van der Waals surface area (Å²) in [6, 6.07) is 3.62. The number of nitrogens with two attached hydrogens (primary N) is 1. The quantitative estimate of drug-likeness (QED) is 0.926. The first-order valence-electron chi connectivity index (χ1n) is 8.17. The van der Waals surface area contributed by atoms with E-state index in [0.717, 1.165) is 35.0 Å². The minimum Gasteiger partial charge on any atom is -0.377 e. The van der Waals surface area contributed by atoms with E-state index < -0.39 is 0 Å². The van der Waals surface area contributed by atoms with Gasteiger partial charge in [-0.3, -0.25) is 0 Å². The lowest BCUT2D eigenvalue weighted by Crippen LogP contribution is -2.14. The second kappa shape index (κ2) is 6.10. The van der Waals surface area contributed by atoms with E-state index in [1.54, 1.807) is 6.07 Å². The van der Waals surface area contributed by atoms with Crippen LogP contribution in [-0.2, 0) is 17.8 Å². The van der Waals surface area contributed by atoms with Crippen molar-refractivity contribution >= 4 is 16.5 Å². The topological polar surface area (TPSA) is 40.2 Å². The van der Waals surface area contributed by atoms with Gasteiger partial charge in [0.05, 0.1) is 13.2 Å². The van der Waals surface area contributed by atoms with Crippen molar-refractivity contribution in [2.24, 2.45) is 11.1 Å². The number of ether oxygens (including phenoxy) is 1.